The van der Waals surface area contributed by atoms with Gasteiger partial charge < -0.3 is 15.5 Å². The molecule has 2 unspecified atom stereocenters. The maximum absolute atomic E-state index is 15.3. The van der Waals surface area contributed by atoms with Crippen LogP contribution >= 0.6 is 0 Å². The number of benzene rings is 1. The molecule has 9 nitrogen and oxygen atoms in total. The van der Waals surface area contributed by atoms with Crippen molar-refractivity contribution in [3.8, 4) is 11.3 Å². The van der Waals surface area contributed by atoms with Gasteiger partial charge in [-0.3, -0.25) is 0 Å². The van der Waals surface area contributed by atoms with E-state index in [0.29, 0.717) is 38.3 Å². The van der Waals surface area contributed by atoms with E-state index in [1.165, 1.54) is 24.0 Å². The number of nitrogens with one attached hydrogen (secondary N) is 2. The number of aryl methyl sites for hydroxylation is 1. The van der Waals surface area contributed by atoms with E-state index in [1.54, 1.807) is 19.1 Å². The van der Waals surface area contributed by atoms with Crippen LogP contribution < -0.4 is 10.6 Å². The van der Waals surface area contributed by atoms with Crippen molar-refractivity contribution in [3.63, 3.8) is 0 Å². The molecule has 2 amide bonds. The third-order valence-corrected chi connectivity index (χ3v) is 10.1. The van der Waals surface area contributed by atoms with Gasteiger partial charge in [-0.2, -0.15) is 0 Å². The van der Waals surface area contributed by atoms with Crippen molar-refractivity contribution in [1.29, 1.82) is 0 Å². The molecule has 0 spiro atoms. The SMILES string of the molecule is Cc1ccc(S(=O)(=O)n2cc(-c3nc(NC4CCC[C@@H](NC(=O)N5CCC(C)(F)C5)C4)c(F)cc3F)c3cc(F)cnc32)cc1. The van der Waals surface area contributed by atoms with Crippen LogP contribution in [0.3, 0.4) is 0 Å². The van der Waals surface area contributed by atoms with E-state index in [-0.39, 0.29) is 58.4 Å². The third kappa shape index (κ3) is 6.20. The fraction of sp³-hybridized carbons (Fsp3) is 0.387. The minimum absolute atomic E-state index is 0.0167. The van der Waals surface area contributed by atoms with Crippen LogP contribution in [-0.4, -0.2) is 64.1 Å². The highest BCUT2D eigenvalue weighted by atomic mass is 32.2. The molecule has 0 radical (unpaired) electrons. The number of fused-ring (bicyclic) bond motifs is 1. The highest BCUT2D eigenvalue weighted by Crippen LogP contribution is 2.35. The Kier molecular flexibility index (Phi) is 7.96. The van der Waals surface area contributed by atoms with Gasteiger partial charge in [0, 0.05) is 48.3 Å². The first-order chi connectivity index (χ1) is 21.3. The number of carbonyl (C=O) groups is 1. The number of hydrogen-bond acceptors (Lipinski definition) is 6. The summed E-state index contributed by atoms with van der Waals surface area (Å²) < 4.78 is 87.0. The third-order valence-electron chi connectivity index (χ3n) is 8.39. The van der Waals surface area contributed by atoms with E-state index < -0.39 is 38.8 Å². The van der Waals surface area contributed by atoms with Gasteiger partial charge in [-0.15, -0.1) is 0 Å². The Bertz CT molecular complexity index is 1880. The van der Waals surface area contributed by atoms with Crippen LogP contribution in [0.4, 0.5) is 28.2 Å². The summed E-state index contributed by atoms with van der Waals surface area (Å²) >= 11 is 0. The number of nitrogens with zero attached hydrogens (tertiary/aromatic N) is 4. The van der Waals surface area contributed by atoms with Gasteiger partial charge in [-0.05, 0) is 57.7 Å². The average molecular weight is 645 g/mol. The van der Waals surface area contributed by atoms with Crippen molar-refractivity contribution in [1.82, 2.24) is 24.2 Å². The number of urea groups is 1. The predicted molar refractivity (Wildman–Crippen MR) is 161 cm³/mol. The Morgan fingerprint density at radius 1 is 1.07 bits per heavy atom. The van der Waals surface area contributed by atoms with Gasteiger partial charge in [-0.1, -0.05) is 17.7 Å². The molecule has 1 saturated carbocycles. The second-order valence-electron chi connectivity index (χ2n) is 12.1. The first-order valence-electron chi connectivity index (χ1n) is 14.7. The minimum Gasteiger partial charge on any atom is -0.365 e. The number of rotatable bonds is 6. The summed E-state index contributed by atoms with van der Waals surface area (Å²) in [6.45, 7) is 3.61. The molecule has 4 aromatic rings. The first kappa shape index (κ1) is 30.8. The molecule has 6 rings (SSSR count). The van der Waals surface area contributed by atoms with Crippen molar-refractivity contribution in [2.45, 2.75) is 68.6 Å². The van der Waals surface area contributed by atoms with Crippen molar-refractivity contribution >= 4 is 32.9 Å². The molecule has 4 heterocycles. The Morgan fingerprint density at radius 2 is 1.80 bits per heavy atom. The van der Waals surface area contributed by atoms with E-state index in [0.717, 1.165) is 28.0 Å². The zero-order valence-corrected chi connectivity index (χ0v) is 25.5. The first-order valence-corrected chi connectivity index (χ1v) is 16.1. The number of halogens is 4. The number of amides is 2. The van der Waals surface area contributed by atoms with Crippen LogP contribution in [0.25, 0.3) is 22.3 Å². The van der Waals surface area contributed by atoms with Gasteiger partial charge in [0.05, 0.1) is 17.6 Å². The summed E-state index contributed by atoms with van der Waals surface area (Å²) in [5.74, 6) is -3.10. The molecule has 2 aliphatic rings. The largest absolute Gasteiger partial charge is 0.365 e. The quantitative estimate of drug-likeness (QED) is 0.252. The van der Waals surface area contributed by atoms with Crippen LogP contribution in [0, 0.1) is 24.4 Å². The second kappa shape index (κ2) is 11.6. The Hall–Kier alpha value is -4.20. The number of pyridine rings is 2. The highest BCUT2D eigenvalue weighted by Gasteiger charge is 2.37. The second-order valence-corrected chi connectivity index (χ2v) is 13.9. The van der Waals surface area contributed by atoms with Gasteiger partial charge in [0.2, 0.25) is 0 Å². The summed E-state index contributed by atoms with van der Waals surface area (Å²) in [5, 5.41) is 5.92. The Morgan fingerprint density at radius 3 is 2.51 bits per heavy atom. The van der Waals surface area contributed by atoms with Crippen LogP contribution in [0.5, 0.6) is 0 Å². The fourth-order valence-corrected chi connectivity index (χ4v) is 7.34. The van der Waals surface area contributed by atoms with Crippen molar-refractivity contribution < 1.29 is 30.8 Å². The molecule has 0 bridgehead atoms. The summed E-state index contributed by atoms with van der Waals surface area (Å²) in [5.41, 5.74) is -1.21. The lowest BCUT2D eigenvalue weighted by Gasteiger charge is -2.32. The van der Waals surface area contributed by atoms with Crippen LogP contribution in [0.2, 0.25) is 0 Å². The molecule has 1 saturated heterocycles. The number of aromatic nitrogens is 3. The van der Waals surface area contributed by atoms with Crippen LogP contribution in [0.15, 0.2) is 53.7 Å². The smallest absolute Gasteiger partial charge is 0.317 e. The lowest BCUT2D eigenvalue weighted by molar-refractivity contribution is 0.174. The summed E-state index contributed by atoms with van der Waals surface area (Å²) in [7, 11) is -4.23. The Balaban J connectivity index is 1.29. The summed E-state index contributed by atoms with van der Waals surface area (Å²) in [4.78, 5) is 22.3. The molecule has 1 aliphatic carbocycles. The maximum Gasteiger partial charge on any atom is 0.317 e. The predicted octanol–water partition coefficient (Wildman–Crippen LogP) is 5.93. The lowest BCUT2D eigenvalue weighted by atomic mass is 9.91. The van der Waals surface area contributed by atoms with Gasteiger partial charge in [0.15, 0.2) is 23.1 Å². The molecule has 1 aliphatic heterocycles. The van der Waals surface area contributed by atoms with E-state index in [2.05, 4.69) is 20.6 Å². The topological polar surface area (TPSA) is 109 Å². The zero-order chi connectivity index (χ0) is 32.1. The number of alkyl halides is 1. The van der Waals surface area contributed by atoms with E-state index in [4.69, 9.17) is 0 Å². The molecular weight excluding hydrogens is 612 g/mol. The molecule has 14 heteroatoms. The molecule has 1 aromatic carbocycles. The van der Waals surface area contributed by atoms with E-state index in [1.807, 2.05) is 0 Å². The average Bonchev–Trinajstić information content (AvgIpc) is 3.55. The van der Waals surface area contributed by atoms with E-state index >= 15 is 8.78 Å². The monoisotopic (exact) mass is 644 g/mol. The van der Waals surface area contributed by atoms with Crippen LogP contribution in [-0.2, 0) is 10.0 Å². The van der Waals surface area contributed by atoms with Gasteiger partial charge in [0.1, 0.15) is 17.2 Å². The molecule has 45 heavy (non-hydrogen) atoms. The number of likely N-dealkylation sites (tertiary alicyclic amines) is 1. The number of hydrogen-bond donors (Lipinski definition) is 2. The van der Waals surface area contributed by atoms with Gasteiger partial charge in [-0.25, -0.2) is 44.7 Å². The normalized spacial score (nSPS) is 22.1. The zero-order valence-electron chi connectivity index (χ0n) is 24.7. The standard InChI is InChI=1S/C31H32F4N6O3S/c1-18-6-8-22(9-7-18)45(43,44)41-16-24(23-12-19(32)15-36-29(23)41)27-25(33)14-26(34)28(39-27)37-20-4-3-5-21(13-20)38-30(42)40-11-10-31(2,35)17-40/h6-9,12,14-16,20-21H,3-5,10-11,13,17H2,1-2H3,(H,37,39)(H,38,42)/t20?,21-,31?/m1/s1. The molecule has 3 atom stereocenters. The molecular formula is C31H32F4N6O3S. The number of carbonyl (C=O) groups excluding carboxylic acids is 1. The molecule has 2 fully saturated rings. The number of anilines is 1. The van der Waals surface area contributed by atoms with Crippen LogP contribution in [0.1, 0.15) is 44.6 Å². The maximum atomic E-state index is 15.3. The van der Waals surface area contributed by atoms with Gasteiger partial charge >= 0.3 is 6.03 Å². The van der Waals surface area contributed by atoms with Crippen molar-refractivity contribution in [2.24, 2.45) is 0 Å². The summed E-state index contributed by atoms with van der Waals surface area (Å²) in [6, 6.07) is 6.80. The molecule has 2 N–H and O–H groups in total. The molecule has 3 aromatic heterocycles. The fourth-order valence-electron chi connectivity index (χ4n) is 6.01. The Labute approximate surface area is 257 Å². The highest BCUT2D eigenvalue weighted by molar-refractivity contribution is 7.90. The van der Waals surface area contributed by atoms with Gasteiger partial charge in [0.25, 0.3) is 10.0 Å². The van der Waals surface area contributed by atoms with Crippen molar-refractivity contribution in [3.05, 3.63) is 71.8 Å². The summed E-state index contributed by atoms with van der Waals surface area (Å²) in [6.07, 6.45) is 4.65. The minimum atomic E-state index is -4.23. The lowest BCUT2D eigenvalue weighted by Crippen LogP contribution is -2.47. The van der Waals surface area contributed by atoms with Crippen molar-refractivity contribution in [2.75, 3.05) is 18.4 Å². The van der Waals surface area contributed by atoms with E-state index in [9.17, 15) is 22.0 Å². The molecule has 238 valence electrons.